The van der Waals surface area contributed by atoms with Gasteiger partial charge >= 0.3 is 0 Å². The number of rotatable bonds is 5. The van der Waals surface area contributed by atoms with Gasteiger partial charge in [0, 0.05) is 42.5 Å². The van der Waals surface area contributed by atoms with Crippen molar-refractivity contribution in [3.63, 3.8) is 0 Å². The Hall–Kier alpha value is -3.33. The van der Waals surface area contributed by atoms with Crippen LogP contribution in [0.4, 0.5) is 5.69 Å². The first kappa shape index (κ1) is 20.9. The van der Waals surface area contributed by atoms with Gasteiger partial charge < -0.3 is 15.3 Å². The number of aliphatic hydroxyl groups is 1. The molecule has 0 saturated carbocycles. The van der Waals surface area contributed by atoms with Gasteiger partial charge in [0.25, 0.3) is 5.91 Å². The van der Waals surface area contributed by atoms with Crippen LogP contribution in [0.5, 0.6) is 0 Å². The van der Waals surface area contributed by atoms with Gasteiger partial charge in [-0.15, -0.1) is 0 Å². The van der Waals surface area contributed by atoms with Crippen molar-refractivity contribution < 1.29 is 14.7 Å². The van der Waals surface area contributed by atoms with Crippen LogP contribution < -0.4 is 5.32 Å². The number of likely N-dealkylation sites (tertiary alicyclic amines) is 1. The highest BCUT2D eigenvalue weighted by Crippen LogP contribution is 2.27. The molecule has 4 rings (SSSR count). The molecule has 1 aliphatic rings. The molecule has 2 amide bonds. The Morgan fingerprint density at radius 1 is 1.19 bits per heavy atom. The van der Waals surface area contributed by atoms with Crippen molar-refractivity contribution in [2.75, 3.05) is 18.4 Å². The SMILES string of the molecule is CC(C)C(=O)Nc1ccc2cnn(CC3(O)CCN(C(=O)c4cnccn4)CC3)c2c1. The van der Waals surface area contributed by atoms with Crippen molar-refractivity contribution in [2.45, 2.75) is 38.8 Å². The van der Waals surface area contributed by atoms with Crippen molar-refractivity contribution in [3.05, 3.63) is 48.7 Å². The molecule has 1 aromatic carbocycles. The number of carbonyl (C=O) groups excluding carboxylic acids is 2. The second kappa shape index (κ2) is 8.43. The van der Waals surface area contributed by atoms with Crippen molar-refractivity contribution in [1.29, 1.82) is 0 Å². The largest absolute Gasteiger partial charge is 0.388 e. The van der Waals surface area contributed by atoms with E-state index in [1.54, 1.807) is 15.8 Å². The smallest absolute Gasteiger partial charge is 0.274 e. The van der Waals surface area contributed by atoms with Crippen LogP contribution in [0.3, 0.4) is 0 Å². The molecule has 1 aliphatic heterocycles. The minimum atomic E-state index is -0.977. The van der Waals surface area contributed by atoms with Crippen LogP contribution in [0.15, 0.2) is 43.0 Å². The number of aromatic nitrogens is 4. The van der Waals surface area contributed by atoms with E-state index in [0.717, 1.165) is 10.9 Å². The Labute approximate surface area is 180 Å². The zero-order valence-corrected chi connectivity index (χ0v) is 17.7. The maximum Gasteiger partial charge on any atom is 0.274 e. The summed E-state index contributed by atoms with van der Waals surface area (Å²) in [6.45, 7) is 4.86. The van der Waals surface area contributed by atoms with Crippen molar-refractivity contribution >= 4 is 28.4 Å². The Bertz CT molecular complexity index is 1090. The fraction of sp³-hybridized carbons (Fsp3) is 0.409. The Balaban J connectivity index is 1.45. The molecule has 31 heavy (non-hydrogen) atoms. The second-order valence-corrected chi connectivity index (χ2v) is 8.33. The summed E-state index contributed by atoms with van der Waals surface area (Å²) in [7, 11) is 0. The molecule has 9 nitrogen and oxygen atoms in total. The van der Waals surface area contributed by atoms with Gasteiger partial charge in [0.2, 0.25) is 5.91 Å². The third-order valence-electron chi connectivity index (χ3n) is 5.64. The van der Waals surface area contributed by atoms with E-state index in [0.29, 0.717) is 43.9 Å². The second-order valence-electron chi connectivity index (χ2n) is 8.33. The van der Waals surface area contributed by atoms with E-state index in [2.05, 4.69) is 20.4 Å². The highest BCUT2D eigenvalue weighted by molar-refractivity contribution is 5.94. The molecule has 0 aliphatic carbocycles. The molecule has 2 N–H and O–H groups in total. The van der Waals surface area contributed by atoms with Crippen LogP contribution >= 0.6 is 0 Å². The average Bonchev–Trinajstić information content (AvgIpc) is 3.16. The summed E-state index contributed by atoms with van der Waals surface area (Å²) in [5, 5.41) is 19.4. The summed E-state index contributed by atoms with van der Waals surface area (Å²) in [6.07, 6.45) is 7.09. The molecule has 0 radical (unpaired) electrons. The van der Waals surface area contributed by atoms with E-state index in [-0.39, 0.29) is 17.7 Å². The fourth-order valence-corrected chi connectivity index (χ4v) is 3.70. The summed E-state index contributed by atoms with van der Waals surface area (Å²) >= 11 is 0. The number of hydrogen-bond acceptors (Lipinski definition) is 6. The highest BCUT2D eigenvalue weighted by atomic mass is 16.3. The van der Waals surface area contributed by atoms with Gasteiger partial charge in [-0.25, -0.2) is 4.98 Å². The number of piperidine rings is 1. The lowest BCUT2D eigenvalue weighted by Gasteiger charge is -2.38. The Kier molecular flexibility index (Phi) is 5.69. The molecular weight excluding hydrogens is 396 g/mol. The summed E-state index contributed by atoms with van der Waals surface area (Å²) in [5.74, 6) is -0.342. The Morgan fingerprint density at radius 2 is 1.97 bits per heavy atom. The molecule has 2 aromatic heterocycles. The normalized spacial score (nSPS) is 15.9. The summed E-state index contributed by atoms with van der Waals surface area (Å²) in [6, 6.07) is 5.62. The van der Waals surface area contributed by atoms with E-state index in [1.807, 2.05) is 32.0 Å². The minimum Gasteiger partial charge on any atom is -0.388 e. The zero-order valence-electron chi connectivity index (χ0n) is 17.7. The maximum atomic E-state index is 12.6. The molecule has 0 unspecified atom stereocenters. The monoisotopic (exact) mass is 422 g/mol. The molecule has 0 spiro atoms. The van der Waals surface area contributed by atoms with E-state index in [9.17, 15) is 14.7 Å². The third kappa shape index (κ3) is 4.56. The third-order valence-corrected chi connectivity index (χ3v) is 5.64. The lowest BCUT2D eigenvalue weighted by Crippen LogP contribution is -2.48. The van der Waals surface area contributed by atoms with Gasteiger partial charge in [0.15, 0.2) is 0 Å². The summed E-state index contributed by atoms with van der Waals surface area (Å²) in [5.41, 5.74) is 0.870. The standard InChI is InChI=1S/C22H26N6O3/c1-15(2)20(29)26-17-4-3-16-12-25-28(19(16)11-17)14-22(31)5-9-27(10-6-22)21(30)18-13-23-7-8-24-18/h3-4,7-8,11-13,15,31H,5-6,9-10,14H2,1-2H3,(H,26,29). The number of anilines is 1. The predicted octanol–water partition coefficient (Wildman–Crippen LogP) is 2.09. The number of fused-ring (bicyclic) bond motifs is 1. The van der Waals surface area contributed by atoms with Crippen molar-refractivity contribution in [3.8, 4) is 0 Å². The molecule has 1 fully saturated rings. The number of nitrogens with zero attached hydrogens (tertiary/aromatic N) is 5. The fourth-order valence-electron chi connectivity index (χ4n) is 3.70. The Morgan fingerprint density at radius 3 is 2.65 bits per heavy atom. The molecule has 3 heterocycles. The summed E-state index contributed by atoms with van der Waals surface area (Å²) in [4.78, 5) is 34.3. The molecule has 3 aromatic rings. The molecule has 1 saturated heterocycles. The van der Waals surface area contributed by atoms with Crippen molar-refractivity contribution in [1.82, 2.24) is 24.6 Å². The van der Waals surface area contributed by atoms with Crippen LogP contribution in [0.25, 0.3) is 10.9 Å². The van der Waals surface area contributed by atoms with Gasteiger partial charge in [0.05, 0.1) is 30.1 Å². The molecule has 0 bridgehead atoms. The lowest BCUT2D eigenvalue weighted by atomic mass is 9.91. The van der Waals surface area contributed by atoms with Crippen LogP contribution in [0.1, 0.15) is 37.2 Å². The van der Waals surface area contributed by atoms with E-state index in [1.165, 1.54) is 18.6 Å². The first-order valence-corrected chi connectivity index (χ1v) is 10.4. The van der Waals surface area contributed by atoms with Gasteiger partial charge in [-0.2, -0.15) is 5.10 Å². The summed E-state index contributed by atoms with van der Waals surface area (Å²) < 4.78 is 1.76. The van der Waals surface area contributed by atoms with Crippen LogP contribution in [0.2, 0.25) is 0 Å². The number of nitrogens with one attached hydrogen (secondary N) is 1. The lowest BCUT2D eigenvalue weighted by molar-refractivity contribution is -0.118. The number of amides is 2. The van der Waals surface area contributed by atoms with Gasteiger partial charge in [-0.05, 0) is 31.0 Å². The molecule has 9 heteroatoms. The number of carbonyl (C=O) groups is 2. The number of benzene rings is 1. The zero-order chi connectivity index (χ0) is 22.0. The number of hydrogen-bond donors (Lipinski definition) is 2. The van der Waals surface area contributed by atoms with Crippen LogP contribution in [0, 0.1) is 5.92 Å². The predicted molar refractivity (Wildman–Crippen MR) is 115 cm³/mol. The molecule has 162 valence electrons. The van der Waals surface area contributed by atoms with Crippen molar-refractivity contribution in [2.24, 2.45) is 5.92 Å². The maximum absolute atomic E-state index is 12.6. The van der Waals surface area contributed by atoms with Gasteiger partial charge in [-0.1, -0.05) is 13.8 Å². The molecule has 0 atom stereocenters. The first-order valence-electron chi connectivity index (χ1n) is 10.4. The van der Waals surface area contributed by atoms with E-state index >= 15 is 0 Å². The quantitative estimate of drug-likeness (QED) is 0.651. The van der Waals surface area contributed by atoms with Gasteiger partial charge in [-0.3, -0.25) is 19.3 Å². The topological polar surface area (TPSA) is 113 Å². The minimum absolute atomic E-state index is 0.0517. The highest BCUT2D eigenvalue weighted by Gasteiger charge is 2.35. The van der Waals surface area contributed by atoms with Crippen LogP contribution in [-0.4, -0.2) is 60.3 Å². The van der Waals surface area contributed by atoms with Gasteiger partial charge in [0.1, 0.15) is 5.69 Å². The molecular formula is C22H26N6O3. The van der Waals surface area contributed by atoms with Crippen LogP contribution in [-0.2, 0) is 11.3 Å². The first-order chi connectivity index (χ1) is 14.8. The van der Waals surface area contributed by atoms with E-state index in [4.69, 9.17) is 0 Å². The average molecular weight is 422 g/mol. The van der Waals surface area contributed by atoms with E-state index < -0.39 is 5.60 Å².